The number of hydrogen-bond acceptors (Lipinski definition) is 4. The second-order valence-electron chi connectivity index (χ2n) is 5.63. The van der Waals surface area contributed by atoms with Gasteiger partial charge in [0.15, 0.2) is 0 Å². The van der Waals surface area contributed by atoms with E-state index in [-0.39, 0.29) is 5.91 Å². The highest BCUT2D eigenvalue weighted by molar-refractivity contribution is 5.88. The van der Waals surface area contributed by atoms with Gasteiger partial charge in [-0.1, -0.05) is 12.1 Å². The first-order valence-electron chi connectivity index (χ1n) is 6.93. The fourth-order valence-electron chi connectivity index (χ4n) is 1.77. The summed E-state index contributed by atoms with van der Waals surface area (Å²) in [5.74, 6) is 0.795. The van der Waals surface area contributed by atoms with Gasteiger partial charge in [-0.2, -0.15) is 0 Å². The highest BCUT2D eigenvalue weighted by Crippen LogP contribution is 2.32. The van der Waals surface area contributed by atoms with Crippen molar-refractivity contribution in [2.45, 2.75) is 24.9 Å². The third-order valence-electron chi connectivity index (χ3n) is 3.42. The maximum absolute atomic E-state index is 11.7. The standard InChI is InChI=1S/C15H23N3O2/c1-18(2)9-10-20-13-5-3-12(4-6-13)11-17-14(19)15(16)7-8-15/h3-6H,7-11,16H2,1-2H3,(H,17,19). The Morgan fingerprint density at radius 1 is 1.35 bits per heavy atom. The van der Waals surface area contributed by atoms with Gasteiger partial charge in [-0.3, -0.25) is 4.79 Å². The highest BCUT2D eigenvalue weighted by Gasteiger charge is 2.45. The maximum atomic E-state index is 11.7. The summed E-state index contributed by atoms with van der Waals surface area (Å²) < 4.78 is 5.61. The number of hydrogen-bond donors (Lipinski definition) is 2. The predicted octanol–water partition coefficient (Wildman–Crippen LogP) is 0.735. The molecule has 1 aromatic carbocycles. The molecule has 1 aliphatic carbocycles. The van der Waals surface area contributed by atoms with Gasteiger partial charge in [-0.25, -0.2) is 0 Å². The van der Waals surface area contributed by atoms with E-state index < -0.39 is 5.54 Å². The number of carbonyl (C=O) groups is 1. The summed E-state index contributed by atoms with van der Waals surface area (Å²) in [6.07, 6.45) is 1.58. The molecule has 0 unspecified atom stereocenters. The Morgan fingerprint density at radius 3 is 2.55 bits per heavy atom. The van der Waals surface area contributed by atoms with Crippen LogP contribution < -0.4 is 15.8 Å². The maximum Gasteiger partial charge on any atom is 0.240 e. The largest absolute Gasteiger partial charge is 0.492 e. The van der Waals surface area contributed by atoms with E-state index in [1.165, 1.54) is 0 Å². The average molecular weight is 277 g/mol. The Hall–Kier alpha value is -1.59. The van der Waals surface area contributed by atoms with Crippen LogP contribution in [0.5, 0.6) is 5.75 Å². The average Bonchev–Trinajstić information content (AvgIpc) is 3.16. The molecule has 1 saturated carbocycles. The molecule has 1 amide bonds. The predicted molar refractivity (Wildman–Crippen MR) is 78.5 cm³/mol. The van der Waals surface area contributed by atoms with Crippen LogP contribution in [0.3, 0.4) is 0 Å². The Kier molecular flexibility index (Phi) is 4.62. The van der Waals surface area contributed by atoms with Crippen molar-refractivity contribution in [2.24, 2.45) is 5.73 Å². The third-order valence-corrected chi connectivity index (χ3v) is 3.42. The molecule has 5 nitrogen and oxygen atoms in total. The van der Waals surface area contributed by atoms with E-state index >= 15 is 0 Å². The van der Waals surface area contributed by atoms with E-state index in [9.17, 15) is 4.79 Å². The van der Waals surface area contributed by atoms with Crippen molar-refractivity contribution in [3.8, 4) is 5.75 Å². The SMILES string of the molecule is CN(C)CCOc1ccc(CNC(=O)C2(N)CC2)cc1. The lowest BCUT2D eigenvalue weighted by Gasteiger charge is -2.12. The molecule has 0 radical (unpaired) electrons. The number of rotatable bonds is 7. The van der Waals surface area contributed by atoms with Crippen molar-refractivity contribution >= 4 is 5.91 Å². The Bertz CT molecular complexity index is 453. The van der Waals surface area contributed by atoms with Crippen LogP contribution in [0, 0.1) is 0 Å². The van der Waals surface area contributed by atoms with Crippen LogP contribution in [0.4, 0.5) is 0 Å². The van der Waals surface area contributed by atoms with Crippen LogP contribution in [0.15, 0.2) is 24.3 Å². The molecule has 1 aromatic rings. The number of ether oxygens (including phenoxy) is 1. The van der Waals surface area contributed by atoms with Gasteiger partial charge in [0.1, 0.15) is 12.4 Å². The first kappa shape index (κ1) is 14.8. The molecule has 0 aromatic heterocycles. The lowest BCUT2D eigenvalue weighted by Crippen LogP contribution is -2.42. The molecule has 0 atom stereocenters. The monoisotopic (exact) mass is 277 g/mol. The fraction of sp³-hybridized carbons (Fsp3) is 0.533. The molecule has 3 N–H and O–H groups in total. The minimum absolute atomic E-state index is 0.0520. The number of benzene rings is 1. The van der Waals surface area contributed by atoms with Gasteiger partial charge in [0.05, 0.1) is 5.54 Å². The molecule has 0 heterocycles. The zero-order chi connectivity index (χ0) is 14.6. The van der Waals surface area contributed by atoms with Gasteiger partial charge in [0, 0.05) is 13.1 Å². The third kappa shape index (κ3) is 4.21. The normalized spacial score (nSPS) is 16.0. The molecule has 0 aliphatic heterocycles. The molecule has 0 saturated heterocycles. The molecule has 1 fully saturated rings. The number of carbonyl (C=O) groups excluding carboxylic acids is 1. The van der Waals surface area contributed by atoms with Crippen LogP contribution in [0.2, 0.25) is 0 Å². The second-order valence-corrected chi connectivity index (χ2v) is 5.63. The van der Waals surface area contributed by atoms with Gasteiger partial charge in [-0.15, -0.1) is 0 Å². The van der Waals surface area contributed by atoms with Gasteiger partial charge in [0.2, 0.25) is 5.91 Å². The minimum atomic E-state index is -0.602. The number of nitrogens with one attached hydrogen (secondary N) is 1. The zero-order valence-corrected chi connectivity index (χ0v) is 12.2. The summed E-state index contributed by atoms with van der Waals surface area (Å²) in [7, 11) is 4.03. The summed E-state index contributed by atoms with van der Waals surface area (Å²) in [6, 6.07) is 7.77. The van der Waals surface area contributed by atoms with E-state index in [1.807, 2.05) is 38.4 Å². The molecule has 110 valence electrons. The van der Waals surface area contributed by atoms with Crippen LogP contribution in [0.25, 0.3) is 0 Å². The summed E-state index contributed by atoms with van der Waals surface area (Å²) in [5.41, 5.74) is 6.26. The smallest absolute Gasteiger partial charge is 0.240 e. The Morgan fingerprint density at radius 2 is 2.00 bits per heavy atom. The number of likely N-dealkylation sites (N-methyl/N-ethyl adjacent to an activating group) is 1. The fourth-order valence-corrected chi connectivity index (χ4v) is 1.77. The van der Waals surface area contributed by atoms with Crippen LogP contribution in [-0.2, 0) is 11.3 Å². The lowest BCUT2D eigenvalue weighted by atomic mass is 10.2. The van der Waals surface area contributed by atoms with Crippen LogP contribution in [0.1, 0.15) is 18.4 Å². The minimum Gasteiger partial charge on any atom is -0.492 e. The van der Waals surface area contributed by atoms with Gasteiger partial charge < -0.3 is 20.7 Å². The quantitative estimate of drug-likeness (QED) is 0.771. The lowest BCUT2D eigenvalue weighted by molar-refractivity contribution is -0.123. The first-order chi connectivity index (χ1) is 9.49. The van der Waals surface area contributed by atoms with Gasteiger partial charge in [-0.05, 0) is 44.6 Å². The van der Waals surface area contributed by atoms with Crippen molar-refractivity contribution in [1.29, 1.82) is 0 Å². The van der Waals surface area contributed by atoms with Gasteiger partial charge >= 0.3 is 0 Å². The van der Waals surface area contributed by atoms with Crippen molar-refractivity contribution in [3.63, 3.8) is 0 Å². The molecule has 5 heteroatoms. The van der Waals surface area contributed by atoms with E-state index in [0.717, 1.165) is 30.7 Å². The van der Waals surface area contributed by atoms with Crippen molar-refractivity contribution < 1.29 is 9.53 Å². The topological polar surface area (TPSA) is 67.6 Å². The van der Waals surface area contributed by atoms with E-state index in [2.05, 4.69) is 10.2 Å². The van der Waals surface area contributed by atoms with E-state index in [4.69, 9.17) is 10.5 Å². The Balaban J connectivity index is 1.75. The van der Waals surface area contributed by atoms with Crippen molar-refractivity contribution in [3.05, 3.63) is 29.8 Å². The second kappa shape index (κ2) is 6.24. The summed E-state index contributed by atoms with van der Waals surface area (Å²) in [4.78, 5) is 13.8. The van der Waals surface area contributed by atoms with E-state index in [1.54, 1.807) is 0 Å². The number of nitrogens with two attached hydrogens (primary N) is 1. The molecular formula is C15H23N3O2. The van der Waals surface area contributed by atoms with Gasteiger partial charge in [0.25, 0.3) is 0 Å². The first-order valence-corrected chi connectivity index (χ1v) is 6.93. The van der Waals surface area contributed by atoms with Crippen molar-refractivity contribution in [1.82, 2.24) is 10.2 Å². The Labute approximate surface area is 120 Å². The molecular weight excluding hydrogens is 254 g/mol. The highest BCUT2D eigenvalue weighted by atomic mass is 16.5. The summed E-state index contributed by atoms with van der Waals surface area (Å²) in [6.45, 7) is 2.06. The summed E-state index contributed by atoms with van der Waals surface area (Å²) in [5, 5.41) is 2.87. The van der Waals surface area contributed by atoms with E-state index in [0.29, 0.717) is 13.2 Å². The number of amides is 1. The van der Waals surface area contributed by atoms with Crippen LogP contribution in [-0.4, -0.2) is 43.6 Å². The summed E-state index contributed by atoms with van der Waals surface area (Å²) >= 11 is 0. The molecule has 0 bridgehead atoms. The number of nitrogens with zero attached hydrogens (tertiary/aromatic N) is 1. The zero-order valence-electron chi connectivity index (χ0n) is 12.2. The molecule has 20 heavy (non-hydrogen) atoms. The van der Waals surface area contributed by atoms with Crippen LogP contribution >= 0.6 is 0 Å². The molecule has 0 spiro atoms. The molecule has 1 aliphatic rings. The molecule has 2 rings (SSSR count). The van der Waals surface area contributed by atoms with Crippen molar-refractivity contribution in [2.75, 3.05) is 27.2 Å².